The number of benzene rings is 3. The van der Waals surface area contributed by atoms with Crippen LogP contribution in [-0.4, -0.2) is 31.3 Å². The number of nitrogens with one attached hydrogen (secondary N) is 1. The number of hydrogen-bond acceptors (Lipinski definition) is 3. The van der Waals surface area contributed by atoms with Crippen molar-refractivity contribution in [3.05, 3.63) is 102 Å². The molecule has 4 atom stereocenters. The Balaban J connectivity index is 1.42. The topological polar surface area (TPSA) is 47.6 Å². The first-order chi connectivity index (χ1) is 18.9. The average molecular weight is 528 g/mol. The predicted octanol–water partition coefficient (Wildman–Crippen LogP) is 7.74. The quantitative estimate of drug-likeness (QED) is 0.262. The maximum absolute atomic E-state index is 13.3. The van der Waals surface area contributed by atoms with Crippen molar-refractivity contribution in [2.24, 2.45) is 11.8 Å². The van der Waals surface area contributed by atoms with Crippen molar-refractivity contribution in [1.82, 2.24) is 5.32 Å². The Kier molecular flexibility index (Phi) is 10.6. The molecule has 1 aliphatic heterocycles. The first kappa shape index (κ1) is 28.9. The number of ether oxygens (including phenoxy) is 2. The highest BCUT2D eigenvalue weighted by Crippen LogP contribution is 2.38. The van der Waals surface area contributed by atoms with Gasteiger partial charge in [0.1, 0.15) is 5.75 Å². The minimum atomic E-state index is -0.00786. The van der Waals surface area contributed by atoms with E-state index in [9.17, 15) is 4.79 Å². The fourth-order valence-electron chi connectivity index (χ4n) is 5.85. The van der Waals surface area contributed by atoms with E-state index in [1.807, 2.05) is 44.2 Å². The van der Waals surface area contributed by atoms with Crippen molar-refractivity contribution in [3.8, 4) is 5.75 Å². The Labute approximate surface area is 235 Å². The van der Waals surface area contributed by atoms with Gasteiger partial charge >= 0.3 is 0 Å². The first-order valence-corrected chi connectivity index (χ1v) is 14.7. The van der Waals surface area contributed by atoms with Crippen LogP contribution in [0.25, 0.3) is 0 Å². The highest BCUT2D eigenvalue weighted by Gasteiger charge is 2.31. The minimum Gasteiger partial charge on any atom is -0.491 e. The zero-order chi connectivity index (χ0) is 27.6. The summed E-state index contributed by atoms with van der Waals surface area (Å²) in [6.07, 6.45) is 3.94. The second-order valence-corrected chi connectivity index (χ2v) is 11.5. The molecule has 4 nitrogen and oxygen atoms in total. The molecule has 1 amide bonds. The van der Waals surface area contributed by atoms with Crippen LogP contribution in [0.1, 0.15) is 81.9 Å². The van der Waals surface area contributed by atoms with Gasteiger partial charge in [0.05, 0.1) is 12.2 Å². The fraction of sp³-hybridized carbons (Fsp3) is 0.457. The summed E-state index contributed by atoms with van der Waals surface area (Å²) in [6, 6.07) is 29.3. The molecule has 0 unspecified atom stereocenters. The molecule has 4 heteroatoms. The van der Waals surface area contributed by atoms with Gasteiger partial charge in [-0.2, -0.15) is 0 Å². The van der Waals surface area contributed by atoms with Crippen molar-refractivity contribution < 1.29 is 14.3 Å². The second-order valence-electron chi connectivity index (χ2n) is 11.5. The van der Waals surface area contributed by atoms with Gasteiger partial charge in [-0.15, -0.1) is 0 Å². The molecule has 3 aromatic rings. The largest absolute Gasteiger partial charge is 0.491 e. The number of amides is 1. The maximum Gasteiger partial charge on any atom is 0.220 e. The van der Waals surface area contributed by atoms with Gasteiger partial charge in [0.25, 0.3) is 0 Å². The Morgan fingerprint density at radius 3 is 2.10 bits per heavy atom. The van der Waals surface area contributed by atoms with E-state index in [4.69, 9.17) is 9.47 Å². The van der Waals surface area contributed by atoms with Crippen LogP contribution in [0.4, 0.5) is 0 Å². The van der Waals surface area contributed by atoms with Crippen LogP contribution < -0.4 is 10.1 Å². The van der Waals surface area contributed by atoms with Gasteiger partial charge in [-0.25, -0.2) is 0 Å². The third-order valence-corrected chi connectivity index (χ3v) is 7.92. The molecule has 1 N–H and O–H groups in total. The molecule has 3 aromatic carbocycles. The fourth-order valence-corrected chi connectivity index (χ4v) is 5.85. The predicted molar refractivity (Wildman–Crippen MR) is 159 cm³/mol. The van der Waals surface area contributed by atoms with Crippen LogP contribution in [-0.2, 0) is 9.53 Å². The lowest BCUT2D eigenvalue weighted by Crippen LogP contribution is -2.34. The van der Waals surface area contributed by atoms with Gasteiger partial charge in [-0.05, 0) is 79.7 Å². The Bertz CT molecular complexity index is 1130. The number of carbonyl (C=O) groups excluding carboxylic acids is 1. The summed E-state index contributed by atoms with van der Waals surface area (Å²) < 4.78 is 11.9. The van der Waals surface area contributed by atoms with E-state index >= 15 is 0 Å². The molecule has 0 spiro atoms. The highest BCUT2D eigenvalue weighted by atomic mass is 16.5. The van der Waals surface area contributed by atoms with Crippen molar-refractivity contribution in [1.29, 1.82) is 0 Å². The van der Waals surface area contributed by atoms with Crippen molar-refractivity contribution >= 4 is 5.91 Å². The van der Waals surface area contributed by atoms with Gasteiger partial charge in [-0.3, -0.25) is 4.79 Å². The van der Waals surface area contributed by atoms with Crippen LogP contribution in [0.5, 0.6) is 5.75 Å². The highest BCUT2D eigenvalue weighted by molar-refractivity contribution is 5.77. The van der Waals surface area contributed by atoms with Gasteiger partial charge in [0, 0.05) is 25.5 Å². The van der Waals surface area contributed by atoms with Crippen molar-refractivity contribution in [2.45, 2.75) is 77.4 Å². The van der Waals surface area contributed by atoms with E-state index in [0.717, 1.165) is 42.7 Å². The summed E-state index contributed by atoms with van der Waals surface area (Å²) in [6.45, 7) is 10.0. The molecular formula is C35H45NO3. The van der Waals surface area contributed by atoms with E-state index in [1.54, 1.807) is 0 Å². The van der Waals surface area contributed by atoms with E-state index in [0.29, 0.717) is 36.8 Å². The Morgan fingerprint density at radius 2 is 1.49 bits per heavy atom. The molecule has 1 aliphatic rings. The van der Waals surface area contributed by atoms with Crippen LogP contribution in [0.2, 0.25) is 0 Å². The van der Waals surface area contributed by atoms with Gasteiger partial charge < -0.3 is 14.8 Å². The van der Waals surface area contributed by atoms with Crippen LogP contribution in [0.15, 0.2) is 84.9 Å². The van der Waals surface area contributed by atoms with Crippen LogP contribution in [0.3, 0.4) is 0 Å². The summed E-state index contributed by atoms with van der Waals surface area (Å²) in [7, 11) is 0. The van der Waals surface area contributed by atoms with E-state index in [2.05, 4.69) is 73.8 Å². The number of hydrogen-bond donors (Lipinski definition) is 1. The molecular weight excluding hydrogens is 482 g/mol. The zero-order valence-corrected chi connectivity index (χ0v) is 24.0. The normalized spacial score (nSPS) is 19.0. The zero-order valence-electron chi connectivity index (χ0n) is 24.0. The molecule has 39 heavy (non-hydrogen) atoms. The first-order valence-electron chi connectivity index (χ1n) is 14.7. The summed E-state index contributed by atoms with van der Waals surface area (Å²) in [5, 5.41) is 3.27. The lowest BCUT2D eigenvalue weighted by Gasteiger charge is -2.37. The standard InChI is InChI=1S/C35H45NO3/c1-25(2)34-23-30(20-22-38-34)32(27-11-7-5-8-12-27)19-21-36-35(37)24-33(28-13-9-6-10-14-28)29-15-17-31(18-16-29)39-26(3)4/h5-18,25-26,30,32-34H,19-24H2,1-4H3,(H,36,37)/t30-,32+,33+,34+/m0/s1. The van der Waals surface area contributed by atoms with Gasteiger partial charge in [-0.1, -0.05) is 86.6 Å². The van der Waals surface area contributed by atoms with Crippen molar-refractivity contribution in [3.63, 3.8) is 0 Å². The third kappa shape index (κ3) is 8.44. The Hall–Kier alpha value is -3.11. The summed E-state index contributed by atoms with van der Waals surface area (Å²) >= 11 is 0. The number of carbonyl (C=O) groups is 1. The molecule has 0 bridgehead atoms. The molecule has 0 aliphatic carbocycles. The molecule has 1 heterocycles. The third-order valence-electron chi connectivity index (χ3n) is 7.92. The van der Waals surface area contributed by atoms with Crippen LogP contribution in [0, 0.1) is 11.8 Å². The molecule has 0 radical (unpaired) electrons. The van der Waals surface area contributed by atoms with Gasteiger partial charge in [0.2, 0.25) is 5.91 Å². The Morgan fingerprint density at radius 1 is 0.872 bits per heavy atom. The molecule has 4 rings (SSSR count). The molecule has 0 aromatic heterocycles. The summed E-state index contributed by atoms with van der Waals surface area (Å²) in [5.74, 6) is 2.43. The smallest absolute Gasteiger partial charge is 0.220 e. The van der Waals surface area contributed by atoms with E-state index in [-0.39, 0.29) is 17.9 Å². The second kappa shape index (κ2) is 14.3. The lowest BCUT2D eigenvalue weighted by molar-refractivity contribution is -0.121. The molecule has 208 valence electrons. The average Bonchev–Trinajstić information content (AvgIpc) is 2.95. The monoisotopic (exact) mass is 527 g/mol. The maximum atomic E-state index is 13.3. The minimum absolute atomic E-state index is 0.00786. The molecule has 1 fully saturated rings. The summed E-state index contributed by atoms with van der Waals surface area (Å²) in [4.78, 5) is 13.3. The summed E-state index contributed by atoms with van der Waals surface area (Å²) in [5.41, 5.74) is 3.64. The van der Waals surface area contributed by atoms with Crippen LogP contribution >= 0.6 is 0 Å². The molecule has 0 saturated carbocycles. The lowest BCUT2D eigenvalue weighted by atomic mass is 9.76. The van der Waals surface area contributed by atoms with Crippen molar-refractivity contribution in [2.75, 3.05) is 13.2 Å². The molecule has 1 saturated heterocycles. The SMILES string of the molecule is CC(C)Oc1ccc([C@H](CC(=O)NCC[C@H](c2ccccc2)[C@H]2CCO[C@@H](C(C)C)C2)c2ccccc2)cc1. The van der Waals surface area contributed by atoms with E-state index in [1.165, 1.54) is 5.56 Å². The number of rotatable bonds is 12. The van der Waals surface area contributed by atoms with E-state index < -0.39 is 0 Å². The van der Waals surface area contributed by atoms with Gasteiger partial charge in [0.15, 0.2) is 0 Å².